The standard InChI is InChI=1S/C12H26N2/c1-5-12(10-13)6-8-14(9-7-12)11(2,3)4/h5-10,13H2,1-4H3. The lowest BCUT2D eigenvalue weighted by atomic mass is 9.75. The smallest absolute Gasteiger partial charge is 0.0125 e. The zero-order valence-corrected chi connectivity index (χ0v) is 10.3. The van der Waals surface area contributed by atoms with Crippen molar-refractivity contribution in [1.29, 1.82) is 0 Å². The molecular formula is C12H26N2. The molecule has 0 saturated carbocycles. The molecule has 2 N–H and O–H groups in total. The molecule has 1 aliphatic rings. The molecule has 0 bridgehead atoms. The van der Waals surface area contributed by atoms with E-state index in [2.05, 4.69) is 32.6 Å². The highest BCUT2D eigenvalue weighted by molar-refractivity contribution is 4.89. The summed E-state index contributed by atoms with van der Waals surface area (Å²) in [5, 5.41) is 0. The van der Waals surface area contributed by atoms with E-state index in [1.165, 1.54) is 32.4 Å². The minimum Gasteiger partial charge on any atom is -0.330 e. The van der Waals surface area contributed by atoms with Crippen LogP contribution in [0.3, 0.4) is 0 Å². The van der Waals surface area contributed by atoms with Crippen molar-refractivity contribution in [3.05, 3.63) is 0 Å². The molecule has 2 heteroatoms. The minimum absolute atomic E-state index is 0.328. The number of rotatable bonds is 2. The van der Waals surface area contributed by atoms with Crippen LogP contribution >= 0.6 is 0 Å². The molecule has 0 unspecified atom stereocenters. The molecule has 1 saturated heterocycles. The van der Waals surface area contributed by atoms with Gasteiger partial charge in [0.1, 0.15) is 0 Å². The number of piperidine rings is 1. The lowest BCUT2D eigenvalue weighted by Gasteiger charge is -2.46. The van der Waals surface area contributed by atoms with Crippen molar-refractivity contribution in [2.75, 3.05) is 19.6 Å². The van der Waals surface area contributed by atoms with Crippen molar-refractivity contribution in [3.8, 4) is 0 Å². The summed E-state index contributed by atoms with van der Waals surface area (Å²) in [4.78, 5) is 2.58. The molecule has 0 aliphatic carbocycles. The summed E-state index contributed by atoms with van der Waals surface area (Å²) in [7, 11) is 0. The van der Waals surface area contributed by atoms with E-state index in [1.54, 1.807) is 0 Å². The summed E-state index contributed by atoms with van der Waals surface area (Å²) in [6.45, 7) is 12.5. The molecular weight excluding hydrogens is 172 g/mol. The first-order valence-electron chi connectivity index (χ1n) is 5.89. The van der Waals surface area contributed by atoms with E-state index in [1.807, 2.05) is 0 Å². The molecule has 1 aliphatic heterocycles. The third-order valence-electron chi connectivity index (χ3n) is 3.96. The molecule has 1 heterocycles. The van der Waals surface area contributed by atoms with Crippen molar-refractivity contribution >= 4 is 0 Å². The van der Waals surface area contributed by atoms with Gasteiger partial charge >= 0.3 is 0 Å². The van der Waals surface area contributed by atoms with Crippen molar-refractivity contribution < 1.29 is 0 Å². The van der Waals surface area contributed by atoms with E-state index in [0.29, 0.717) is 11.0 Å². The zero-order chi connectivity index (χ0) is 10.8. The molecule has 1 fully saturated rings. The summed E-state index contributed by atoms with van der Waals surface area (Å²) in [6.07, 6.45) is 3.79. The van der Waals surface area contributed by atoms with Crippen LogP contribution in [0.1, 0.15) is 47.0 Å². The molecule has 14 heavy (non-hydrogen) atoms. The Balaban J connectivity index is 2.53. The minimum atomic E-state index is 0.328. The van der Waals surface area contributed by atoms with E-state index in [9.17, 15) is 0 Å². The maximum Gasteiger partial charge on any atom is 0.0125 e. The SMILES string of the molecule is CCC1(CN)CCN(C(C)(C)C)CC1. The van der Waals surface area contributed by atoms with Gasteiger partial charge in [-0.3, -0.25) is 4.90 Å². The Morgan fingerprint density at radius 1 is 1.21 bits per heavy atom. The zero-order valence-electron chi connectivity index (χ0n) is 10.3. The molecule has 0 atom stereocenters. The molecule has 0 radical (unpaired) electrons. The van der Waals surface area contributed by atoms with Crippen LogP contribution in [-0.4, -0.2) is 30.1 Å². The summed E-state index contributed by atoms with van der Waals surface area (Å²) < 4.78 is 0. The van der Waals surface area contributed by atoms with Gasteiger partial charge in [0.25, 0.3) is 0 Å². The predicted octanol–water partition coefficient (Wildman–Crippen LogP) is 2.24. The normalized spacial score (nSPS) is 23.8. The first-order chi connectivity index (χ1) is 6.43. The van der Waals surface area contributed by atoms with Crippen LogP contribution in [0.15, 0.2) is 0 Å². The van der Waals surface area contributed by atoms with Gasteiger partial charge in [0.05, 0.1) is 0 Å². The summed E-state index contributed by atoms with van der Waals surface area (Å²) in [5.74, 6) is 0. The Morgan fingerprint density at radius 2 is 1.71 bits per heavy atom. The lowest BCUT2D eigenvalue weighted by molar-refractivity contribution is 0.0444. The van der Waals surface area contributed by atoms with Crippen LogP contribution in [-0.2, 0) is 0 Å². The third-order valence-corrected chi connectivity index (χ3v) is 3.96. The average molecular weight is 198 g/mol. The van der Waals surface area contributed by atoms with Gasteiger partial charge < -0.3 is 5.73 Å². The molecule has 84 valence electrons. The number of likely N-dealkylation sites (tertiary alicyclic amines) is 1. The number of hydrogen-bond acceptors (Lipinski definition) is 2. The second-order valence-corrected chi connectivity index (χ2v) is 5.72. The van der Waals surface area contributed by atoms with Gasteiger partial charge in [-0.05, 0) is 65.1 Å². The highest BCUT2D eigenvalue weighted by atomic mass is 15.2. The van der Waals surface area contributed by atoms with Gasteiger partial charge in [-0.2, -0.15) is 0 Å². The lowest BCUT2D eigenvalue weighted by Crippen LogP contribution is -2.50. The highest BCUT2D eigenvalue weighted by Gasteiger charge is 2.34. The van der Waals surface area contributed by atoms with Crippen LogP contribution in [0.5, 0.6) is 0 Å². The van der Waals surface area contributed by atoms with Crippen molar-refractivity contribution in [2.45, 2.75) is 52.5 Å². The van der Waals surface area contributed by atoms with Crippen LogP contribution in [0.2, 0.25) is 0 Å². The monoisotopic (exact) mass is 198 g/mol. The van der Waals surface area contributed by atoms with Gasteiger partial charge in [0.2, 0.25) is 0 Å². The second-order valence-electron chi connectivity index (χ2n) is 5.72. The van der Waals surface area contributed by atoms with Gasteiger partial charge in [-0.1, -0.05) is 6.92 Å². The Hall–Kier alpha value is -0.0800. The first kappa shape index (κ1) is 12.0. The summed E-state index contributed by atoms with van der Waals surface area (Å²) >= 11 is 0. The first-order valence-corrected chi connectivity index (χ1v) is 5.89. The average Bonchev–Trinajstić information content (AvgIpc) is 2.16. The number of nitrogens with zero attached hydrogens (tertiary/aromatic N) is 1. The maximum absolute atomic E-state index is 5.88. The second kappa shape index (κ2) is 4.19. The van der Waals surface area contributed by atoms with Crippen molar-refractivity contribution in [3.63, 3.8) is 0 Å². The molecule has 2 nitrogen and oxygen atoms in total. The fourth-order valence-corrected chi connectivity index (χ4v) is 2.35. The maximum atomic E-state index is 5.88. The van der Waals surface area contributed by atoms with Gasteiger partial charge in [-0.15, -0.1) is 0 Å². The summed E-state index contributed by atoms with van der Waals surface area (Å²) in [6, 6.07) is 0. The van der Waals surface area contributed by atoms with Crippen LogP contribution in [0.4, 0.5) is 0 Å². The molecule has 0 aromatic heterocycles. The molecule has 1 rings (SSSR count). The molecule has 0 amide bonds. The Morgan fingerprint density at radius 3 is 2.00 bits per heavy atom. The van der Waals surface area contributed by atoms with Gasteiger partial charge in [-0.25, -0.2) is 0 Å². The van der Waals surface area contributed by atoms with E-state index in [0.717, 1.165) is 6.54 Å². The van der Waals surface area contributed by atoms with Crippen LogP contribution in [0, 0.1) is 5.41 Å². The third kappa shape index (κ3) is 2.48. The predicted molar refractivity (Wildman–Crippen MR) is 62.3 cm³/mol. The largest absolute Gasteiger partial charge is 0.330 e. The van der Waals surface area contributed by atoms with E-state index < -0.39 is 0 Å². The Labute approximate surface area is 88.8 Å². The van der Waals surface area contributed by atoms with E-state index in [4.69, 9.17) is 5.73 Å². The number of hydrogen-bond donors (Lipinski definition) is 1. The van der Waals surface area contributed by atoms with Crippen LogP contribution < -0.4 is 5.73 Å². The molecule has 0 aromatic carbocycles. The highest BCUT2D eigenvalue weighted by Crippen LogP contribution is 2.35. The fourth-order valence-electron chi connectivity index (χ4n) is 2.35. The quantitative estimate of drug-likeness (QED) is 0.737. The Bertz CT molecular complexity index is 167. The van der Waals surface area contributed by atoms with Crippen molar-refractivity contribution in [1.82, 2.24) is 4.90 Å². The fraction of sp³-hybridized carbons (Fsp3) is 1.00. The summed E-state index contributed by atoms with van der Waals surface area (Å²) in [5.41, 5.74) is 6.66. The topological polar surface area (TPSA) is 29.3 Å². The van der Waals surface area contributed by atoms with Gasteiger partial charge in [0, 0.05) is 5.54 Å². The number of nitrogens with two attached hydrogens (primary N) is 1. The molecule has 0 aromatic rings. The molecule has 0 spiro atoms. The van der Waals surface area contributed by atoms with Crippen LogP contribution in [0.25, 0.3) is 0 Å². The Kier molecular flexibility index (Phi) is 3.59. The van der Waals surface area contributed by atoms with E-state index in [-0.39, 0.29) is 0 Å². The van der Waals surface area contributed by atoms with Crippen molar-refractivity contribution in [2.24, 2.45) is 11.1 Å². The van der Waals surface area contributed by atoms with E-state index >= 15 is 0 Å². The van der Waals surface area contributed by atoms with Gasteiger partial charge in [0.15, 0.2) is 0 Å².